The minimum atomic E-state index is 0.163. The number of hydrogen-bond donors (Lipinski definition) is 2. The molecule has 0 aliphatic rings. The fraction of sp³-hybridized carbons (Fsp3) is 0.375. The van der Waals surface area contributed by atoms with Crippen LogP contribution < -0.4 is 5.32 Å². The maximum Gasteiger partial charge on any atom is 0.0587 e. The largest absolute Gasteiger partial charge is 0.395 e. The summed E-state index contributed by atoms with van der Waals surface area (Å²) in [5, 5.41) is 15.2. The lowest BCUT2D eigenvalue weighted by atomic mass is 10.0. The molecule has 2 nitrogen and oxygen atoms in total. The number of benzene rings is 2. The Balaban J connectivity index is 2.07. The van der Waals surface area contributed by atoms with Crippen LogP contribution in [0.25, 0.3) is 10.8 Å². The highest BCUT2D eigenvalue weighted by atomic mass is 16.3. The van der Waals surface area contributed by atoms with Crippen molar-refractivity contribution in [2.24, 2.45) is 5.92 Å². The van der Waals surface area contributed by atoms with Crippen LogP contribution in [0.3, 0.4) is 0 Å². The Bertz CT molecular complexity index is 507. The predicted molar refractivity (Wildman–Crippen MR) is 76.5 cm³/mol. The highest BCUT2D eigenvalue weighted by Crippen LogP contribution is 2.15. The zero-order valence-electron chi connectivity index (χ0n) is 11.1. The quantitative estimate of drug-likeness (QED) is 0.846. The van der Waals surface area contributed by atoms with Crippen LogP contribution in [-0.2, 0) is 6.54 Å². The highest BCUT2D eigenvalue weighted by Gasteiger charge is 2.10. The first-order valence-electron chi connectivity index (χ1n) is 6.52. The molecule has 1 atom stereocenters. The van der Waals surface area contributed by atoms with Crippen molar-refractivity contribution in [1.29, 1.82) is 0 Å². The molecule has 1 unspecified atom stereocenters. The number of aliphatic hydroxyl groups excluding tert-OH is 1. The molecule has 0 radical (unpaired) electrons. The van der Waals surface area contributed by atoms with E-state index in [1.807, 2.05) is 0 Å². The van der Waals surface area contributed by atoms with Crippen molar-refractivity contribution in [3.8, 4) is 0 Å². The summed E-state index contributed by atoms with van der Waals surface area (Å²) in [5.74, 6) is 0.440. The first kappa shape index (κ1) is 13.1. The van der Waals surface area contributed by atoms with Crippen molar-refractivity contribution in [1.82, 2.24) is 5.32 Å². The van der Waals surface area contributed by atoms with E-state index in [-0.39, 0.29) is 12.6 Å². The topological polar surface area (TPSA) is 32.3 Å². The van der Waals surface area contributed by atoms with Gasteiger partial charge in [0, 0.05) is 12.6 Å². The number of fused-ring (bicyclic) bond motifs is 1. The van der Waals surface area contributed by atoms with Crippen LogP contribution in [0.5, 0.6) is 0 Å². The van der Waals surface area contributed by atoms with Gasteiger partial charge in [-0.3, -0.25) is 0 Å². The van der Waals surface area contributed by atoms with Crippen molar-refractivity contribution in [2.75, 3.05) is 6.61 Å². The Morgan fingerprint density at radius 3 is 2.44 bits per heavy atom. The molecule has 18 heavy (non-hydrogen) atoms. The number of nitrogens with one attached hydrogen (secondary N) is 1. The van der Waals surface area contributed by atoms with Gasteiger partial charge in [-0.1, -0.05) is 50.2 Å². The summed E-state index contributed by atoms with van der Waals surface area (Å²) in [6.45, 7) is 5.22. The molecule has 2 rings (SSSR count). The molecule has 2 aromatic rings. The molecule has 0 saturated carbocycles. The van der Waals surface area contributed by atoms with Crippen molar-refractivity contribution in [2.45, 2.75) is 26.4 Å². The van der Waals surface area contributed by atoms with Gasteiger partial charge in [0.2, 0.25) is 0 Å². The molecule has 0 amide bonds. The third-order valence-corrected chi connectivity index (χ3v) is 3.38. The minimum absolute atomic E-state index is 0.163. The Labute approximate surface area is 109 Å². The summed E-state index contributed by atoms with van der Waals surface area (Å²) in [5.41, 5.74) is 1.26. The van der Waals surface area contributed by atoms with E-state index in [0.29, 0.717) is 5.92 Å². The molecule has 0 bridgehead atoms. The molecule has 2 N–H and O–H groups in total. The number of hydrogen-bond acceptors (Lipinski definition) is 2. The Kier molecular flexibility index (Phi) is 4.34. The zero-order valence-corrected chi connectivity index (χ0v) is 11.1. The molecule has 0 fully saturated rings. The van der Waals surface area contributed by atoms with Gasteiger partial charge in [0.25, 0.3) is 0 Å². The predicted octanol–water partition coefficient (Wildman–Crippen LogP) is 2.95. The molecule has 0 heterocycles. The van der Waals surface area contributed by atoms with Crippen LogP contribution in [0.2, 0.25) is 0 Å². The lowest BCUT2D eigenvalue weighted by molar-refractivity contribution is 0.210. The van der Waals surface area contributed by atoms with Gasteiger partial charge in [-0.15, -0.1) is 0 Å². The Morgan fingerprint density at radius 1 is 1.06 bits per heavy atom. The monoisotopic (exact) mass is 243 g/mol. The van der Waals surface area contributed by atoms with Gasteiger partial charge in [-0.05, 0) is 28.3 Å². The molecule has 0 aromatic heterocycles. The molecule has 2 heteroatoms. The summed E-state index contributed by atoms with van der Waals surface area (Å²) in [4.78, 5) is 0. The van der Waals surface area contributed by atoms with Crippen LogP contribution in [0, 0.1) is 5.92 Å². The third kappa shape index (κ3) is 3.09. The maximum atomic E-state index is 9.28. The summed E-state index contributed by atoms with van der Waals surface area (Å²) in [6, 6.07) is 15.0. The minimum Gasteiger partial charge on any atom is -0.395 e. The average Bonchev–Trinajstić information content (AvgIpc) is 2.39. The average molecular weight is 243 g/mol. The van der Waals surface area contributed by atoms with Crippen LogP contribution in [-0.4, -0.2) is 17.8 Å². The third-order valence-electron chi connectivity index (χ3n) is 3.38. The Hall–Kier alpha value is -1.38. The van der Waals surface area contributed by atoms with Gasteiger partial charge in [-0.2, -0.15) is 0 Å². The second-order valence-electron chi connectivity index (χ2n) is 5.10. The van der Waals surface area contributed by atoms with Crippen LogP contribution in [0.15, 0.2) is 42.5 Å². The van der Waals surface area contributed by atoms with E-state index in [1.165, 1.54) is 16.3 Å². The van der Waals surface area contributed by atoms with E-state index >= 15 is 0 Å². The van der Waals surface area contributed by atoms with Crippen molar-refractivity contribution in [3.63, 3.8) is 0 Å². The van der Waals surface area contributed by atoms with Gasteiger partial charge in [0.05, 0.1) is 6.61 Å². The summed E-state index contributed by atoms with van der Waals surface area (Å²) in [6.07, 6.45) is 0. The standard InChI is InChI=1S/C16H21NO/c1-12(2)16(11-18)17-10-13-7-8-14-5-3-4-6-15(14)9-13/h3-9,12,16-18H,10-11H2,1-2H3. The maximum absolute atomic E-state index is 9.28. The van der Waals surface area contributed by atoms with E-state index in [9.17, 15) is 5.11 Å². The molecule has 0 saturated heterocycles. The molecular formula is C16H21NO. The van der Waals surface area contributed by atoms with E-state index in [4.69, 9.17) is 0 Å². The fourth-order valence-electron chi connectivity index (χ4n) is 2.11. The van der Waals surface area contributed by atoms with E-state index in [0.717, 1.165) is 6.54 Å². The number of aliphatic hydroxyl groups is 1. The van der Waals surface area contributed by atoms with E-state index in [1.54, 1.807) is 0 Å². The van der Waals surface area contributed by atoms with E-state index in [2.05, 4.69) is 61.6 Å². The van der Waals surface area contributed by atoms with Gasteiger partial charge in [0.1, 0.15) is 0 Å². The van der Waals surface area contributed by atoms with Crippen LogP contribution >= 0.6 is 0 Å². The molecule has 0 spiro atoms. The van der Waals surface area contributed by atoms with Gasteiger partial charge >= 0.3 is 0 Å². The summed E-state index contributed by atoms with van der Waals surface area (Å²) >= 11 is 0. The molecule has 0 aliphatic carbocycles. The van der Waals surface area contributed by atoms with E-state index < -0.39 is 0 Å². The second-order valence-corrected chi connectivity index (χ2v) is 5.10. The van der Waals surface area contributed by atoms with Crippen LogP contribution in [0.4, 0.5) is 0 Å². The van der Waals surface area contributed by atoms with Crippen molar-refractivity contribution < 1.29 is 5.11 Å². The summed E-state index contributed by atoms with van der Waals surface area (Å²) < 4.78 is 0. The zero-order chi connectivity index (χ0) is 13.0. The molecule has 0 aliphatic heterocycles. The first-order valence-corrected chi connectivity index (χ1v) is 6.52. The van der Waals surface area contributed by atoms with Gasteiger partial charge < -0.3 is 10.4 Å². The first-order chi connectivity index (χ1) is 8.70. The molecule has 2 aromatic carbocycles. The smallest absolute Gasteiger partial charge is 0.0587 e. The SMILES string of the molecule is CC(C)C(CO)NCc1ccc2ccccc2c1. The highest BCUT2D eigenvalue weighted by molar-refractivity contribution is 5.82. The fourth-order valence-corrected chi connectivity index (χ4v) is 2.11. The Morgan fingerprint density at radius 2 is 1.78 bits per heavy atom. The number of rotatable bonds is 5. The summed E-state index contributed by atoms with van der Waals surface area (Å²) in [7, 11) is 0. The lowest BCUT2D eigenvalue weighted by Crippen LogP contribution is -2.36. The van der Waals surface area contributed by atoms with Gasteiger partial charge in [-0.25, -0.2) is 0 Å². The second kappa shape index (κ2) is 5.98. The molecular weight excluding hydrogens is 222 g/mol. The van der Waals surface area contributed by atoms with Crippen molar-refractivity contribution in [3.05, 3.63) is 48.0 Å². The molecule has 96 valence electrons. The van der Waals surface area contributed by atoms with Crippen molar-refractivity contribution >= 4 is 10.8 Å². The van der Waals surface area contributed by atoms with Crippen LogP contribution in [0.1, 0.15) is 19.4 Å². The normalized spacial score (nSPS) is 13.1. The van der Waals surface area contributed by atoms with Gasteiger partial charge in [0.15, 0.2) is 0 Å². The lowest BCUT2D eigenvalue weighted by Gasteiger charge is -2.20.